The van der Waals surface area contributed by atoms with E-state index in [9.17, 15) is 9.59 Å². The Labute approximate surface area is 158 Å². The van der Waals surface area contributed by atoms with Crippen molar-refractivity contribution in [3.63, 3.8) is 0 Å². The molecule has 0 aliphatic heterocycles. The summed E-state index contributed by atoms with van der Waals surface area (Å²) >= 11 is 0. The summed E-state index contributed by atoms with van der Waals surface area (Å²) in [4.78, 5) is 28.8. The number of amides is 1. The van der Waals surface area contributed by atoms with Crippen LogP contribution in [-0.2, 0) is 16.8 Å². The number of rotatable bonds is 5. The fourth-order valence-corrected chi connectivity index (χ4v) is 3.16. The number of H-pyrrole nitrogens is 2. The number of nitrogens with one attached hydrogen (secondary N) is 3. The Bertz CT molecular complexity index is 1030. The maximum atomic E-state index is 12.1. The molecule has 0 fully saturated rings. The van der Waals surface area contributed by atoms with E-state index in [-0.39, 0.29) is 23.6 Å². The first-order valence-corrected chi connectivity index (χ1v) is 8.94. The van der Waals surface area contributed by atoms with Gasteiger partial charge in [-0.25, -0.2) is 4.79 Å². The third kappa shape index (κ3) is 4.58. The van der Waals surface area contributed by atoms with E-state index in [1.54, 1.807) is 0 Å². The summed E-state index contributed by atoms with van der Waals surface area (Å²) in [5, 5.41) is 2.82. The van der Waals surface area contributed by atoms with E-state index in [1.165, 1.54) is 5.56 Å². The number of ether oxygens (including phenoxy) is 1. The zero-order valence-electron chi connectivity index (χ0n) is 16.1. The van der Waals surface area contributed by atoms with Crippen LogP contribution in [0.25, 0.3) is 11.0 Å². The van der Waals surface area contributed by atoms with E-state index in [0.29, 0.717) is 12.3 Å². The maximum Gasteiger partial charge on any atom is 0.323 e. The Morgan fingerprint density at radius 2 is 1.81 bits per heavy atom. The normalized spacial score (nSPS) is 11.6. The van der Waals surface area contributed by atoms with Gasteiger partial charge in [0.2, 0.25) is 0 Å². The third-order valence-electron chi connectivity index (χ3n) is 4.45. The van der Waals surface area contributed by atoms with Gasteiger partial charge in [-0.2, -0.15) is 0 Å². The van der Waals surface area contributed by atoms with Crippen molar-refractivity contribution in [2.75, 3.05) is 6.61 Å². The number of hydrogen-bond acceptors (Lipinski definition) is 3. The molecule has 6 heteroatoms. The molecule has 1 heterocycles. The topological polar surface area (TPSA) is 87.0 Å². The molecule has 0 unspecified atom stereocenters. The summed E-state index contributed by atoms with van der Waals surface area (Å²) in [5.41, 5.74) is 4.60. The van der Waals surface area contributed by atoms with Gasteiger partial charge in [-0.1, -0.05) is 32.9 Å². The molecule has 1 amide bonds. The molecule has 0 bridgehead atoms. The molecule has 0 aliphatic carbocycles. The second kappa shape index (κ2) is 7.31. The molecule has 0 radical (unpaired) electrons. The summed E-state index contributed by atoms with van der Waals surface area (Å²) in [5.74, 6) is 0.483. The van der Waals surface area contributed by atoms with E-state index < -0.39 is 0 Å². The summed E-state index contributed by atoms with van der Waals surface area (Å²) in [6, 6.07) is 11.4. The highest BCUT2D eigenvalue weighted by Crippen LogP contribution is 2.28. The SMILES string of the molecule is Cc1cc(OCC(=O)NCc2ccc3[nH]c(=O)[nH]c3c2)ccc1C(C)(C)C. The summed E-state index contributed by atoms with van der Waals surface area (Å²) < 4.78 is 5.61. The zero-order valence-corrected chi connectivity index (χ0v) is 16.1. The molecule has 0 atom stereocenters. The molecule has 1 aromatic heterocycles. The van der Waals surface area contributed by atoms with E-state index in [1.807, 2.05) is 30.3 Å². The van der Waals surface area contributed by atoms with Gasteiger partial charge in [0.25, 0.3) is 5.91 Å². The van der Waals surface area contributed by atoms with Gasteiger partial charge in [0.05, 0.1) is 11.0 Å². The molecular formula is C21H25N3O3. The minimum absolute atomic E-state index is 0.0441. The lowest BCUT2D eigenvalue weighted by Crippen LogP contribution is -2.28. The van der Waals surface area contributed by atoms with Gasteiger partial charge in [0, 0.05) is 6.54 Å². The molecule has 2 aromatic carbocycles. The van der Waals surface area contributed by atoms with Crippen molar-refractivity contribution in [2.24, 2.45) is 0 Å². The molecule has 6 nitrogen and oxygen atoms in total. The minimum Gasteiger partial charge on any atom is -0.484 e. The van der Waals surface area contributed by atoms with Crippen LogP contribution in [0.3, 0.4) is 0 Å². The number of hydrogen-bond donors (Lipinski definition) is 3. The average Bonchev–Trinajstić information content (AvgIpc) is 2.96. The number of benzene rings is 2. The Kier molecular flexibility index (Phi) is 5.08. The van der Waals surface area contributed by atoms with Crippen molar-refractivity contribution in [1.29, 1.82) is 0 Å². The van der Waals surface area contributed by atoms with Gasteiger partial charge in [-0.05, 0) is 53.3 Å². The average molecular weight is 367 g/mol. The van der Waals surface area contributed by atoms with Crippen LogP contribution in [-0.4, -0.2) is 22.5 Å². The van der Waals surface area contributed by atoms with Crippen molar-refractivity contribution in [3.8, 4) is 5.75 Å². The van der Waals surface area contributed by atoms with Gasteiger partial charge in [0.15, 0.2) is 6.61 Å². The van der Waals surface area contributed by atoms with Crippen LogP contribution in [0.15, 0.2) is 41.2 Å². The van der Waals surface area contributed by atoms with E-state index in [0.717, 1.165) is 22.2 Å². The number of imidazole rings is 1. The number of aromatic amines is 2. The lowest BCUT2D eigenvalue weighted by Gasteiger charge is -2.22. The van der Waals surface area contributed by atoms with Crippen LogP contribution >= 0.6 is 0 Å². The van der Waals surface area contributed by atoms with Gasteiger partial charge >= 0.3 is 5.69 Å². The van der Waals surface area contributed by atoms with Crippen molar-refractivity contribution in [3.05, 3.63) is 63.6 Å². The quantitative estimate of drug-likeness (QED) is 0.647. The highest BCUT2D eigenvalue weighted by Gasteiger charge is 2.16. The summed E-state index contributed by atoms with van der Waals surface area (Å²) in [7, 11) is 0. The highest BCUT2D eigenvalue weighted by molar-refractivity contribution is 5.78. The van der Waals surface area contributed by atoms with Crippen LogP contribution in [0.4, 0.5) is 0 Å². The van der Waals surface area contributed by atoms with Gasteiger partial charge in [-0.3, -0.25) is 4.79 Å². The predicted molar refractivity (Wildman–Crippen MR) is 106 cm³/mol. The standard InChI is InChI=1S/C21H25N3O3/c1-13-9-15(6-7-16(13)21(2,3)4)27-12-19(25)22-11-14-5-8-17-18(10-14)24-20(26)23-17/h5-10H,11-12H2,1-4H3,(H,22,25)(H2,23,24,26). The monoisotopic (exact) mass is 367 g/mol. The molecule has 0 saturated heterocycles. The van der Waals surface area contributed by atoms with Crippen LogP contribution in [0.2, 0.25) is 0 Å². The Hall–Kier alpha value is -3.02. The van der Waals surface area contributed by atoms with E-state index in [2.05, 4.69) is 49.0 Å². The second-order valence-corrected chi connectivity index (χ2v) is 7.75. The fraction of sp³-hybridized carbons (Fsp3) is 0.333. The van der Waals surface area contributed by atoms with Gasteiger partial charge in [0.1, 0.15) is 5.75 Å². The number of aryl methyl sites for hydroxylation is 1. The predicted octanol–water partition coefficient (Wildman–Crippen LogP) is 3.16. The fourth-order valence-electron chi connectivity index (χ4n) is 3.16. The Morgan fingerprint density at radius 3 is 2.52 bits per heavy atom. The van der Waals surface area contributed by atoms with Crippen LogP contribution in [0.1, 0.15) is 37.5 Å². The first-order valence-electron chi connectivity index (χ1n) is 8.94. The largest absolute Gasteiger partial charge is 0.484 e. The molecule has 3 N–H and O–H groups in total. The molecule has 142 valence electrons. The highest BCUT2D eigenvalue weighted by atomic mass is 16.5. The lowest BCUT2D eigenvalue weighted by atomic mass is 9.84. The second-order valence-electron chi connectivity index (χ2n) is 7.75. The smallest absolute Gasteiger partial charge is 0.323 e. The van der Waals surface area contributed by atoms with Crippen molar-refractivity contribution in [1.82, 2.24) is 15.3 Å². The molecule has 3 aromatic rings. The van der Waals surface area contributed by atoms with E-state index >= 15 is 0 Å². The summed E-state index contributed by atoms with van der Waals surface area (Å²) in [6.07, 6.45) is 0. The van der Waals surface area contributed by atoms with E-state index in [4.69, 9.17) is 4.74 Å². The number of carbonyl (C=O) groups excluding carboxylic acids is 1. The maximum absolute atomic E-state index is 12.1. The van der Waals surface area contributed by atoms with Crippen LogP contribution in [0, 0.1) is 6.92 Å². The zero-order chi connectivity index (χ0) is 19.6. The first kappa shape index (κ1) is 18.8. The van der Waals surface area contributed by atoms with Crippen molar-refractivity contribution < 1.29 is 9.53 Å². The molecule has 0 aliphatic rings. The molecule has 0 spiro atoms. The lowest BCUT2D eigenvalue weighted by molar-refractivity contribution is -0.123. The first-order chi connectivity index (χ1) is 12.7. The van der Waals surface area contributed by atoms with Crippen LogP contribution < -0.4 is 15.7 Å². The third-order valence-corrected chi connectivity index (χ3v) is 4.45. The van der Waals surface area contributed by atoms with Crippen molar-refractivity contribution in [2.45, 2.75) is 39.7 Å². The molecule has 3 rings (SSSR count). The molecular weight excluding hydrogens is 342 g/mol. The minimum atomic E-state index is -0.243. The number of carbonyl (C=O) groups is 1. The summed E-state index contributed by atoms with van der Waals surface area (Å²) in [6.45, 7) is 8.89. The molecule has 0 saturated carbocycles. The Morgan fingerprint density at radius 1 is 1.07 bits per heavy atom. The van der Waals surface area contributed by atoms with Crippen molar-refractivity contribution >= 4 is 16.9 Å². The molecule has 27 heavy (non-hydrogen) atoms. The van der Waals surface area contributed by atoms with Gasteiger partial charge in [-0.15, -0.1) is 0 Å². The van der Waals surface area contributed by atoms with Gasteiger partial charge < -0.3 is 20.0 Å². The Balaban J connectivity index is 1.54. The number of aromatic nitrogens is 2. The van der Waals surface area contributed by atoms with Crippen LogP contribution in [0.5, 0.6) is 5.75 Å². The number of fused-ring (bicyclic) bond motifs is 1.